The van der Waals surface area contributed by atoms with Gasteiger partial charge in [0.05, 0.1) is 0 Å². The van der Waals surface area contributed by atoms with Gasteiger partial charge in [0.2, 0.25) is 0 Å². The molecule has 0 aromatic heterocycles. The Hall–Kier alpha value is 0.568. The van der Waals surface area contributed by atoms with Crippen molar-refractivity contribution in [2.75, 3.05) is 0 Å². The van der Waals surface area contributed by atoms with Crippen molar-refractivity contribution < 1.29 is 61.7 Å². The maximum Gasteiger partial charge on any atom is 1.00 e. The monoisotopic (exact) mass is 192 g/mol. The van der Waals surface area contributed by atoms with E-state index in [2.05, 4.69) is 0 Å². The molecule has 7 heavy (non-hydrogen) atoms. The van der Waals surface area contributed by atoms with E-state index in [0.717, 1.165) is 0 Å². The minimum absolute atomic E-state index is 0. The van der Waals surface area contributed by atoms with Gasteiger partial charge in [0.15, 0.2) is 0 Å². The first kappa shape index (κ1) is 25.6. The van der Waals surface area contributed by atoms with Gasteiger partial charge in [0.25, 0.3) is 0 Å². The van der Waals surface area contributed by atoms with E-state index < -0.39 is 6.16 Å². The van der Waals surface area contributed by atoms with Crippen LogP contribution in [0, 0.1) is 0 Å². The molecule has 0 aliphatic heterocycles. The zero-order valence-corrected chi connectivity index (χ0v) is 5.01. The zero-order chi connectivity index (χ0) is 3.58. The van der Waals surface area contributed by atoms with E-state index in [1.165, 1.54) is 0 Å². The van der Waals surface area contributed by atoms with Crippen LogP contribution in [0.5, 0.6) is 0 Å². The molecular formula is CH2AgLiO4. The van der Waals surface area contributed by atoms with Gasteiger partial charge in [0.1, 0.15) is 0 Å². The van der Waals surface area contributed by atoms with E-state index in [9.17, 15) is 0 Å². The van der Waals surface area contributed by atoms with Crippen molar-refractivity contribution in [1.29, 1.82) is 0 Å². The average Bonchev–Trinajstić information content (AvgIpc) is 0.811. The molecule has 0 saturated carbocycles. The second-order valence-corrected chi connectivity index (χ2v) is 0.250. The van der Waals surface area contributed by atoms with Crippen LogP contribution in [0.25, 0.3) is 0 Å². The van der Waals surface area contributed by atoms with Crippen LogP contribution in [0.4, 0.5) is 4.79 Å². The van der Waals surface area contributed by atoms with Crippen molar-refractivity contribution in [1.82, 2.24) is 0 Å². The van der Waals surface area contributed by atoms with Crippen LogP contribution in [0.15, 0.2) is 0 Å². The van der Waals surface area contributed by atoms with E-state index >= 15 is 0 Å². The second kappa shape index (κ2) is 16.0. The van der Waals surface area contributed by atoms with Crippen LogP contribution >= 0.6 is 0 Å². The Bertz CT molecular complexity index is 34.7. The fourth-order valence-corrected chi connectivity index (χ4v) is 0. The maximum absolute atomic E-state index is 8.33. The maximum atomic E-state index is 8.33. The third-order valence-electron chi connectivity index (χ3n) is 0. The summed E-state index contributed by atoms with van der Waals surface area (Å²) >= 11 is 0. The molecule has 0 amide bonds. The molecule has 0 rings (SSSR count). The summed E-state index contributed by atoms with van der Waals surface area (Å²) in [4.78, 5) is 8.33. The summed E-state index contributed by atoms with van der Waals surface area (Å²) in [6, 6.07) is 0. The Morgan fingerprint density at radius 3 is 1.29 bits per heavy atom. The minimum Gasteiger partial charge on any atom is -0.652 e. The molecule has 0 radical (unpaired) electrons. The van der Waals surface area contributed by atoms with E-state index in [1.807, 2.05) is 0 Å². The first-order valence-electron chi connectivity index (χ1n) is 0.612. The zero-order valence-electron chi connectivity index (χ0n) is 3.53. The van der Waals surface area contributed by atoms with Gasteiger partial charge in [-0.05, 0) is 6.16 Å². The van der Waals surface area contributed by atoms with Crippen molar-refractivity contribution in [2.24, 2.45) is 0 Å². The van der Waals surface area contributed by atoms with Gasteiger partial charge >= 0.3 is 41.2 Å². The molecule has 0 fully saturated rings. The first-order chi connectivity index (χ1) is 1.73. The standard InChI is InChI=1S/CH2O3.Ag.Li.H2O/c2-1(3)4;;;/h(H2,2,3,4);;;1H2/q;2*+1;/p-2. The molecular weight excluding hydrogens is 191 g/mol. The minimum atomic E-state index is -2.33. The second-order valence-electron chi connectivity index (χ2n) is 0.250. The predicted octanol–water partition coefficient (Wildman–Crippen LogP) is -6.27. The summed E-state index contributed by atoms with van der Waals surface area (Å²) in [5, 5.41) is 16.7. The predicted molar refractivity (Wildman–Crippen MR) is 9.01 cm³/mol. The van der Waals surface area contributed by atoms with Gasteiger partial charge in [-0.25, -0.2) is 0 Å². The quantitative estimate of drug-likeness (QED) is 0.358. The molecule has 6 heteroatoms. The van der Waals surface area contributed by atoms with Crippen LogP contribution in [-0.2, 0) is 22.4 Å². The van der Waals surface area contributed by atoms with Crippen molar-refractivity contribution in [2.45, 2.75) is 0 Å². The van der Waals surface area contributed by atoms with Crippen LogP contribution in [-0.4, -0.2) is 11.6 Å². The Morgan fingerprint density at radius 2 is 1.29 bits per heavy atom. The SMILES string of the molecule is O.O=C([O-])[O-].[Ag+].[Li+]. The Labute approximate surface area is 67.9 Å². The molecule has 0 aromatic rings. The van der Waals surface area contributed by atoms with Crippen LogP contribution < -0.4 is 29.1 Å². The van der Waals surface area contributed by atoms with E-state index in [4.69, 9.17) is 15.0 Å². The Kier molecular flexibility index (Phi) is 58.6. The fraction of sp³-hybridized carbons (Fsp3) is 0. The average molecular weight is 193 g/mol. The summed E-state index contributed by atoms with van der Waals surface area (Å²) in [5.41, 5.74) is 0. The van der Waals surface area contributed by atoms with Gasteiger partial charge in [-0.15, -0.1) is 0 Å². The third kappa shape index (κ3) is 425. The summed E-state index contributed by atoms with van der Waals surface area (Å²) in [5.74, 6) is 0. The van der Waals surface area contributed by atoms with Gasteiger partial charge < -0.3 is 20.5 Å². The molecule has 0 heterocycles. The largest absolute Gasteiger partial charge is 1.00 e. The molecule has 0 aliphatic carbocycles. The van der Waals surface area contributed by atoms with Crippen LogP contribution in [0.1, 0.15) is 0 Å². The van der Waals surface area contributed by atoms with Crippen molar-refractivity contribution in [3.63, 3.8) is 0 Å². The fourth-order valence-electron chi connectivity index (χ4n) is 0. The van der Waals surface area contributed by atoms with Gasteiger partial charge in [-0.2, -0.15) is 0 Å². The molecule has 0 bridgehead atoms. The van der Waals surface area contributed by atoms with Gasteiger partial charge in [-0.3, -0.25) is 0 Å². The smallest absolute Gasteiger partial charge is 0.652 e. The molecule has 0 aromatic carbocycles. The third-order valence-corrected chi connectivity index (χ3v) is 0. The van der Waals surface area contributed by atoms with E-state index in [1.54, 1.807) is 0 Å². The molecule has 0 aliphatic rings. The molecule has 0 unspecified atom stereocenters. The molecule has 4 nitrogen and oxygen atoms in total. The van der Waals surface area contributed by atoms with Crippen molar-refractivity contribution >= 4 is 6.16 Å². The Morgan fingerprint density at radius 1 is 1.29 bits per heavy atom. The molecule has 2 N–H and O–H groups in total. The normalized spacial score (nSPS) is 3.43. The van der Waals surface area contributed by atoms with Gasteiger partial charge in [-0.1, -0.05) is 0 Å². The van der Waals surface area contributed by atoms with Crippen molar-refractivity contribution in [3.05, 3.63) is 0 Å². The van der Waals surface area contributed by atoms with E-state index in [0.29, 0.717) is 0 Å². The number of carbonyl (C=O) groups excluding carboxylic acids is 1. The number of carboxylic acid groups (broad SMARTS) is 2. The van der Waals surface area contributed by atoms with Crippen LogP contribution in [0.2, 0.25) is 0 Å². The number of carbonyl (C=O) groups is 1. The molecule has 0 saturated heterocycles. The topological polar surface area (TPSA) is 94.7 Å². The Balaban J connectivity index is -0.0000000150. The number of rotatable bonds is 0. The van der Waals surface area contributed by atoms with Gasteiger partial charge in [0, 0.05) is 0 Å². The summed E-state index contributed by atoms with van der Waals surface area (Å²) in [7, 11) is 0. The van der Waals surface area contributed by atoms with E-state index in [-0.39, 0.29) is 46.7 Å². The van der Waals surface area contributed by atoms with Crippen molar-refractivity contribution in [3.8, 4) is 0 Å². The summed E-state index contributed by atoms with van der Waals surface area (Å²) in [6.45, 7) is 0. The molecule has 42 valence electrons. The summed E-state index contributed by atoms with van der Waals surface area (Å²) in [6.07, 6.45) is -2.33. The van der Waals surface area contributed by atoms with Crippen LogP contribution in [0.3, 0.4) is 0 Å². The summed E-state index contributed by atoms with van der Waals surface area (Å²) < 4.78 is 0. The molecule has 0 atom stereocenters. The first-order valence-corrected chi connectivity index (χ1v) is 0.612. The number of hydrogen-bond donors (Lipinski definition) is 0. The molecule has 0 spiro atoms. The number of hydrogen-bond acceptors (Lipinski definition) is 3.